The molecule has 2 aliphatic rings. The van der Waals surface area contributed by atoms with Crippen molar-refractivity contribution in [2.45, 2.75) is 83.9 Å². The van der Waals surface area contributed by atoms with Crippen molar-refractivity contribution in [3.63, 3.8) is 0 Å². The van der Waals surface area contributed by atoms with Gasteiger partial charge >= 0.3 is 12.1 Å². The van der Waals surface area contributed by atoms with Crippen molar-refractivity contribution < 1.29 is 43.2 Å². The fraction of sp³-hybridized carbons (Fsp3) is 0.389. The Morgan fingerprint density at radius 2 is 1.64 bits per heavy atom. The number of fused-ring (bicyclic) bond motifs is 10. The molecule has 0 fully saturated rings. The van der Waals surface area contributed by atoms with E-state index < -0.39 is 53.7 Å². The lowest BCUT2D eigenvalue weighted by Crippen LogP contribution is -2.60. The molecule has 4 atom stereocenters. The van der Waals surface area contributed by atoms with E-state index in [4.69, 9.17) is 18.9 Å². The summed E-state index contributed by atoms with van der Waals surface area (Å²) in [7, 11) is 1.21. The average Bonchev–Trinajstić information content (AvgIpc) is 3.04. The molecule has 4 N–H and O–H groups in total. The van der Waals surface area contributed by atoms with Gasteiger partial charge in [-0.25, -0.2) is 9.59 Å². The number of hydrogen-bond acceptors (Lipinski definition) is 9. The number of aromatic hydroxyl groups is 1. The van der Waals surface area contributed by atoms with Crippen molar-refractivity contribution >= 4 is 55.7 Å². The molecule has 12 nitrogen and oxygen atoms in total. The summed E-state index contributed by atoms with van der Waals surface area (Å²) >= 11 is 7.05. The Balaban J connectivity index is 1.82. The molecule has 5 rings (SSSR count). The number of nitrogens with one attached hydrogen (secondary N) is 3. The fourth-order valence-electron chi connectivity index (χ4n) is 5.23. The third-order valence-corrected chi connectivity index (χ3v) is 8.87. The van der Waals surface area contributed by atoms with Crippen LogP contribution < -0.4 is 20.7 Å². The van der Waals surface area contributed by atoms with Crippen molar-refractivity contribution in [2.75, 3.05) is 7.11 Å². The van der Waals surface area contributed by atoms with Crippen LogP contribution in [0.3, 0.4) is 0 Å². The van der Waals surface area contributed by atoms with Gasteiger partial charge in [0.05, 0.1) is 28.8 Å². The lowest BCUT2D eigenvalue weighted by Gasteiger charge is -2.29. The number of rotatable bonds is 6. The molecule has 0 aliphatic carbocycles. The van der Waals surface area contributed by atoms with E-state index in [1.165, 1.54) is 7.11 Å². The Morgan fingerprint density at radius 3 is 2.26 bits per heavy atom. The molecular formula is C36H41Br2N3O9. The number of benzene rings is 3. The van der Waals surface area contributed by atoms with Crippen LogP contribution in [0.25, 0.3) is 0 Å². The monoisotopic (exact) mass is 817 g/mol. The van der Waals surface area contributed by atoms with E-state index in [1.807, 2.05) is 30.3 Å². The van der Waals surface area contributed by atoms with Crippen molar-refractivity contribution in [1.29, 1.82) is 0 Å². The molecule has 268 valence electrons. The van der Waals surface area contributed by atoms with Gasteiger partial charge in [0.1, 0.15) is 23.7 Å². The van der Waals surface area contributed by atoms with Crippen molar-refractivity contribution in [1.82, 2.24) is 16.0 Å². The molecule has 2 heterocycles. The van der Waals surface area contributed by atoms with Gasteiger partial charge in [-0.2, -0.15) is 0 Å². The quantitative estimate of drug-likeness (QED) is 0.227. The first-order valence-corrected chi connectivity index (χ1v) is 17.4. The molecule has 0 saturated carbocycles. The zero-order valence-corrected chi connectivity index (χ0v) is 31.8. The van der Waals surface area contributed by atoms with Crippen LogP contribution in [0.1, 0.15) is 49.9 Å². The zero-order chi connectivity index (χ0) is 36.7. The van der Waals surface area contributed by atoms with Crippen LogP contribution in [0.2, 0.25) is 0 Å². The number of methoxy groups -OCH3 is 1. The van der Waals surface area contributed by atoms with E-state index >= 15 is 0 Å². The number of halogens is 2. The second-order valence-electron chi connectivity index (χ2n) is 12.9. The van der Waals surface area contributed by atoms with Crippen molar-refractivity contribution in [2.24, 2.45) is 0 Å². The van der Waals surface area contributed by atoms with E-state index in [9.17, 15) is 24.3 Å². The topological polar surface area (TPSA) is 162 Å². The fourth-order valence-corrected chi connectivity index (χ4v) is 6.67. The van der Waals surface area contributed by atoms with Crippen LogP contribution in [-0.2, 0) is 48.0 Å². The van der Waals surface area contributed by atoms with Gasteiger partial charge in [0.15, 0.2) is 17.2 Å². The van der Waals surface area contributed by atoms with Gasteiger partial charge in [-0.15, -0.1) is 0 Å². The normalized spacial score (nSPS) is 18.9. The minimum absolute atomic E-state index is 0.0124. The molecular weight excluding hydrogens is 778 g/mol. The molecule has 0 aromatic heterocycles. The number of ether oxygens (including phenoxy) is 4. The molecule has 4 bridgehead atoms. The summed E-state index contributed by atoms with van der Waals surface area (Å²) < 4.78 is 23.7. The molecule has 3 aromatic carbocycles. The van der Waals surface area contributed by atoms with Gasteiger partial charge in [-0.1, -0.05) is 36.4 Å². The molecule has 50 heavy (non-hydrogen) atoms. The van der Waals surface area contributed by atoms with Crippen LogP contribution >= 0.6 is 31.9 Å². The molecule has 14 heteroatoms. The van der Waals surface area contributed by atoms with Crippen LogP contribution in [0, 0.1) is 6.92 Å². The summed E-state index contributed by atoms with van der Waals surface area (Å²) in [6.45, 7) is 8.50. The van der Waals surface area contributed by atoms with E-state index in [0.29, 0.717) is 31.4 Å². The minimum Gasteiger partial charge on any atom is -0.504 e. The summed E-state index contributed by atoms with van der Waals surface area (Å²) in [5.41, 5.74) is 1.58. The molecule has 0 spiro atoms. The average molecular weight is 820 g/mol. The molecule has 0 radical (unpaired) electrons. The second kappa shape index (κ2) is 16.7. The third kappa shape index (κ3) is 10.4. The summed E-state index contributed by atoms with van der Waals surface area (Å²) in [6, 6.07) is 12.2. The Bertz CT molecular complexity index is 1710. The predicted octanol–water partition coefficient (Wildman–Crippen LogP) is 5.76. The van der Waals surface area contributed by atoms with Gasteiger partial charge in [-0.3, -0.25) is 9.59 Å². The predicted molar refractivity (Wildman–Crippen MR) is 192 cm³/mol. The maximum absolute atomic E-state index is 14.1. The molecule has 3 amide bonds. The first-order valence-electron chi connectivity index (χ1n) is 15.9. The number of alkyl carbamates (subject to hydrolysis) is 1. The Hall–Kier alpha value is -4.14. The van der Waals surface area contributed by atoms with Crippen LogP contribution in [-0.4, -0.2) is 65.9 Å². The molecule has 1 unspecified atom stereocenters. The summed E-state index contributed by atoms with van der Waals surface area (Å²) in [5, 5.41) is 19.1. The van der Waals surface area contributed by atoms with E-state index in [2.05, 4.69) is 47.8 Å². The van der Waals surface area contributed by atoms with Gasteiger partial charge < -0.3 is 40.0 Å². The van der Waals surface area contributed by atoms with Gasteiger partial charge in [0.25, 0.3) is 0 Å². The lowest BCUT2D eigenvalue weighted by molar-refractivity contribution is -0.146. The zero-order valence-electron chi connectivity index (χ0n) is 28.6. The Morgan fingerprint density at radius 1 is 1.00 bits per heavy atom. The summed E-state index contributed by atoms with van der Waals surface area (Å²) in [4.78, 5) is 54.1. The van der Waals surface area contributed by atoms with Crippen molar-refractivity contribution in [3.8, 4) is 17.2 Å². The van der Waals surface area contributed by atoms with Gasteiger partial charge in [-0.05, 0) is 107 Å². The minimum atomic E-state index is -1.32. The van der Waals surface area contributed by atoms with Gasteiger partial charge in [0, 0.05) is 12.8 Å². The first kappa shape index (κ1) is 38.7. The number of amides is 3. The Kier molecular flexibility index (Phi) is 12.9. The highest BCUT2D eigenvalue weighted by Crippen LogP contribution is 2.42. The van der Waals surface area contributed by atoms with Crippen molar-refractivity contribution in [3.05, 3.63) is 85.8 Å². The summed E-state index contributed by atoms with van der Waals surface area (Å²) in [6.07, 6.45) is -1.83. The molecule has 0 saturated heterocycles. The summed E-state index contributed by atoms with van der Waals surface area (Å²) in [5.74, 6) is -1.85. The highest BCUT2D eigenvalue weighted by Gasteiger charge is 2.35. The standard InChI is InChI=1S/C36H41Br2N3O9/c1-19-12-22-15-26(40-35(46)50-36(3,4)5)32(43)41-29(20(2)48-18-21-10-8-7-9-11-21)33(44)39-27(34(45)47-6)16-23-13-24(37)31(25(38)14-23)49-28(17-22)30(19)42/h7-14,17,20,26-27,29,42H,15-16,18H2,1-6H3,(H,39,44)(H,40,46)(H,41,43)/t20?,26-,27-,29-/m0/s1. The SMILES string of the molecule is COC(=O)[C@@H]1Cc2cc(Br)c(c(Br)c2)Oc2cc(cc(C)c2O)C[C@H](NC(=O)OC(C)(C)C)C(=O)N[C@@H](C(C)OCc2ccccc2)C(=O)N1. The van der Waals surface area contributed by atoms with E-state index in [-0.39, 0.29) is 30.9 Å². The largest absolute Gasteiger partial charge is 0.504 e. The number of carbonyl (C=O) groups excluding carboxylic acids is 4. The number of hydrogen-bond donors (Lipinski definition) is 4. The van der Waals surface area contributed by atoms with Gasteiger partial charge in [0.2, 0.25) is 11.8 Å². The van der Waals surface area contributed by atoms with Crippen LogP contribution in [0.5, 0.6) is 17.2 Å². The molecule has 3 aromatic rings. The number of carbonyl (C=O) groups is 4. The third-order valence-electron chi connectivity index (χ3n) is 7.69. The molecule has 2 aliphatic heterocycles. The van der Waals surface area contributed by atoms with E-state index in [0.717, 1.165) is 5.56 Å². The second-order valence-corrected chi connectivity index (χ2v) is 14.6. The number of aryl methyl sites for hydroxylation is 1. The van der Waals surface area contributed by atoms with Crippen LogP contribution in [0.15, 0.2) is 63.5 Å². The smallest absolute Gasteiger partial charge is 0.408 e. The number of phenolic OH excluding ortho intramolecular Hbond substituents is 1. The van der Waals surface area contributed by atoms with Crippen LogP contribution in [0.4, 0.5) is 4.79 Å². The highest BCUT2D eigenvalue weighted by molar-refractivity contribution is 9.11. The maximum atomic E-state index is 14.1. The van der Waals surface area contributed by atoms with E-state index in [1.54, 1.807) is 58.9 Å². The highest BCUT2D eigenvalue weighted by atomic mass is 79.9. The Labute approximate surface area is 307 Å². The number of esters is 1. The number of phenols is 1. The maximum Gasteiger partial charge on any atom is 0.408 e. The lowest BCUT2D eigenvalue weighted by atomic mass is 10.0. The first-order chi connectivity index (χ1) is 23.5.